The standard InChI is InChI=1S/C22H22N2O3/c1-14-6-10-16(11-7-14)23-20(25)15-8-12-17(13-9-15)24-21(26)18-4-2-3-5-19(18)22(24)27/h6-13,18-19H,2-5H2,1H3,(H,23,25)/t18-,19+. The van der Waals surface area contributed by atoms with Crippen molar-refractivity contribution in [3.8, 4) is 0 Å². The number of amides is 3. The Bertz CT molecular complexity index is 863. The van der Waals surface area contributed by atoms with Gasteiger partial charge in [-0.2, -0.15) is 0 Å². The first-order chi connectivity index (χ1) is 13.0. The molecule has 0 aromatic heterocycles. The maximum atomic E-state index is 12.7. The molecule has 0 bridgehead atoms. The molecule has 2 aromatic rings. The number of aryl methyl sites for hydroxylation is 1. The Morgan fingerprint density at radius 1 is 0.889 bits per heavy atom. The van der Waals surface area contributed by atoms with Crippen LogP contribution in [0, 0.1) is 18.8 Å². The fraction of sp³-hybridized carbons (Fsp3) is 0.318. The molecular weight excluding hydrogens is 340 g/mol. The van der Waals surface area contributed by atoms with Crippen LogP contribution in [0.15, 0.2) is 48.5 Å². The number of anilines is 2. The smallest absolute Gasteiger partial charge is 0.255 e. The maximum absolute atomic E-state index is 12.7. The molecular formula is C22H22N2O3. The fourth-order valence-electron chi connectivity index (χ4n) is 4.02. The van der Waals surface area contributed by atoms with Crippen LogP contribution in [0.25, 0.3) is 0 Å². The monoisotopic (exact) mass is 362 g/mol. The van der Waals surface area contributed by atoms with Crippen LogP contribution in [0.1, 0.15) is 41.6 Å². The largest absolute Gasteiger partial charge is 0.322 e. The molecule has 0 unspecified atom stereocenters. The van der Waals surface area contributed by atoms with Crippen molar-refractivity contribution in [2.24, 2.45) is 11.8 Å². The molecule has 1 saturated carbocycles. The molecule has 27 heavy (non-hydrogen) atoms. The summed E-state index contributed by atoms with van der Waals surface area (Å²) in [5.74, 6) is -0.757. The van der Waals surface area contributed by atoms with E-state index in [0.717, 1.165) is 36.9 Å². The van der Waals surface area contributed by atoms with Gasteiger partial charge in [0, 0.05) is 11.3 Å². The zero-order valence-corrected chi connectivity index (χ0v) is 15.3. The van der Waals surface area contributed by atoms with Crippen molar-refractivity contribution in [3.05, 3.63) is 59.7 Å². The Morgan fingerprint density at radius 2 is 1.44 bits per heavy atom. The third-order valence-electron chi connectivity index (χ3n) is 5.54. The topological polar surface area (TPSA) is 66.5 Å². The molecule has 138 valence electrons. The number of nitrogens with zero attached hydrogens (tertiary/aromatic N) is 1. The zero-order chi connectivity index (χ0) is 19.0. The van der Waals surface area contributed by atoms with E-state index in [-0.39, 0.29) is 29.6 Å². The lowest BCUT2D eigenvalue weighted by Gasteiger charge is -2.19. The third-order valence-corrected chi connectivity index (χ3v) is 5.54. The molecule has 2 fully saturated rings. The summed E-state index contributed by atoms with van der Waals surface area (Å²) < 4.78 is 0. The predicted molar refractivity (Wildman–Crippen MR) is 104 cm³/mol. The fourth-order valence-corrected chi connectivity index (χ4v) is 4.02. The van der Waals surface area contributed by atoms with E-state index < -0.39 is 0 Å². The molecule has 2 aliphatic rings. The summed E-state index contributed by atoms with van der Waals surface area (Å²) in [6.45, 7) is 1.99. The van der Waals surface area contributed by atoms with E-state index in [1.54, 1.807) is 24.3 Å². The number of fused-ring (bicyclic) bond motifs is 1. The van der Waals surface area contributed by atoms with Gasteiger partial charge in [-0.3, -0.25) is 19.3 Å². The Hall–Kier alpha value is -2.95. The van der Waals surface area contributed by atoms with Gasteiger partial charge in [0.2, 0.25) is 11.8 Å². The van der Waals surface area contributed by atoms with E-state index in [1.165, 1.54) is 4.90 Å². The van der Waals surface area contributed by atoms with E-state index in [0.29, 0.717) is 11.3 Å². The number of benzene rings is 2. The Kier molecular flexibility index (Phi) is 4.52. The predicted octanol–water partition coefficient (Wildman–Crippen LogP) is 3.93. The van der Waals surface area contributed by atoms with Gasteiger partial charge in [-0.05, 0) is 56.2 Å². The first kappa shape index (κ1) is 17.5. The van der Waals surface area contributed by atoms with Crippen molar-refractivity contribution < 1.29 is 14.4 Å². The van der Waals surface area contributed by atoms with E-state index >= 15 is 0 Å². The first-order valence-corrected chi connectivity index (χ1v) is 9.40. The van der Waals surface area contributed by atoms with E-state index in [2.05, 4.69) is 5.32 Å². The summed E-state index contributed by atoms with van der Waals surface area (Å²) in [4.78, 5) is 39.0. The second-order valence-electron chi connectivity index (χ2n) is 7.38. The van der Waals surface area contributed by atoms with Crippen LogP contribution in [-0.4, -0.2) is 17.7 Å². The number of rotatable bonds is 3. The molecule has 1 N–H and O–H groups in total. The van der Waals surface area contributed by atoms with Crippen LogP contribution in [0.2, 0.25) is 0 Å². The maximum Gasteiger partial charge on any atom is 0.255 e. The van der Waals surface area contributed by atoms with Crippen LogP contribution in [0.5, 0.6) is 0 Å². The summed E-state index contributed by atoms with van der Waals surface area (Å²) >= 11 is 0. The molecule has 4 rings (SSSR count). The number of carbonyl (C=O) groups excluding carboxylic acids is 3. The lowest BCUT2D eigenvalue weighted by molar-refractivity contribution is -0.122. The molecule has 0 radical (unpaired) electrons. The van der Waals surface area contributed by atoms with Gasteiger partial charge < -0.3 is 5.32 Å². The minimum atomic E-state index is -0.224. The second-order valence-corrected chi connectivity index (χ2v) is 7.38. The van der Waals surface area contributed by atoms with Crippen molar-refractivity contribution in [2.75, 3.05) is 10.2 Å². The van der Waals surface area contributed by atoms with Crippen molar-refractivity contribution in [1.82, 2.24) is 0 Å². The van der Waals surface area contributed by atoms with Crippen LogP contribution in [-0.2, 0) is 9.59 Å². The molecule has 1 saturated heterocycles. The molecule has 3 amide bonds. The molecule has 2 atom stereocenters. The average Bonchev–Trinajstić information content (AvgIpc) is 2.95. The van der Waals surface area contributed by atoms with Gasteiger partial charge in [0.05, 0.1) is 17.5 Å². The summed E-state index contributed by atoms with van der Waals surface area (Å²) in [6, 6.07) is 14.2. The van der Waals surface area contributed by atoms with Crippen molar-refractivity contribution >= 4 is 29.1 Å². The van der Waals surface area contributed by atoms with Gasteiger partial charge >= 0.3 is 0 Å². The summed E-state index contributed by atoms with van der Waals surface area (Å²) in [5, 5.41) is 2.85. The Morgan fingerprint density at radius 3 is 2.00 bits per heavy atom. The highest BCUT2D eigenvalue weighted by Crippen LogP contribution is 2.40. The van der Waals surface area contributed by atoms with Gasteiger partial charge in [-0.1, -0.05) is 30.5 Å². The van der Waals surface area contributed by atoms with Gasteiger partial charge in [0.25, 0.3) is 5.91 Å². The number of nitrogens with one attached hydrogen (secondary N) is 1. The third kappa shape index (κ3) is 3.25. The quantitative estimate of drug-likeness (QED) is 0.842. The van der Waals surface area contributed by atoms with Crippen molar-refractivity contribution in [3.63, 3.8) is 0 Å². The highest BCUT2D eigenvalue weighted by molar-refractivity contribution is 6.22. The van der Waals surface area contributed by atoms with E-state index in [9.17, 15) is 14.4 Å². The molecule has 0 spiro atoms. The Labute approximate surface area is 158 Å². The molecule has 5 heteroatoms. The van der Waals surface area contributed by atoms with Crippen LogP contribution < -0.4 is 10.2 Å². The van der Waals surface area contributed by atoms with Gasteiger partial charge in [0.1, 0.15) is 0 Å². The van der Waals surface area contributed by atoms with Crippen LogP contribution in [0.3, 0.4) is 0 Å². The van der Waals surface area contributed by atoms with Crippen molar-refractivity contribution in [1.29, 1.82) is 0 Å². The molecule has 1 aliphatic carbocycles. The molecule has 5 nitrogen and oxygen atoms in total. The number of imide groups is 1. The van der Waals surface area contributed by atoms with Crippen molar-refractivity contribution in [2.45, 2.75) is 32.6 Å². The van der Waals surface area contributed by atoms with Gasteiger partial charge in [-0.25, -0.2) is 0 Å². The summed E-state index contributed by atoms with van der Waals surface area (Å²) in [6.07, 6.45) is 3.60. The highest BCUT2D eigenvalue weighted by atomic mass is 16.2. The Balaban J connectivity index is 1.50. The summed E-state index contributed by atoms with van der Waals surface area (Å²) in [5.41, 5.74) is 2.88. The van der Waals surface area contributed by atoms with Crippen LogP contribution >= 0.6 is 0 Å². The van der Waals surface area contributed by atoms with Crippen LogP contribution in [0.4, 0.5) is 11.4 Å². The second kappa shape index (κ2) is 6.99. The molecule has 2 aromatic carbocycles. The van der Waals surface area contributed by atoms with Gasteiger partial charge in [0.15, 0.2) is 0 Å². The highest BCUT2D eigenvalue weighted by Gasteiger charge is 2.48. The minimum Gasteiger partial charge on any atom is -0.322 e. The summed E-state index contributed by atoms with van der Waals surface area (Å²) in [7, 11) is 0. The lowest BCUT2D eigenvalue weighted by Crippen LogP contribution is -2.30. The molecule has 1 heterocycles. The van der Waals surface area contributed by atoms with E-state index in [4.69, 9.17) is 0 Å². The first-order valence-electron chi connectivity index (χ1n) is 9.40. The minimum absolute atomic E-state index is 0.0958. The number of carbonyl (C=O) groups is 3. The number of hydrogen-bond donors (Lipinski definition) is 1. The normalized spacial score (nSPS) is 21.9. The SMILES string of the molecule is Cc1ccc(NC(=O)c2ccc(N3C(=O)[C@H]4CCCC[C@H]4C3=O)cc2)cc1. The number of hydrogen-bond acceptors (Lipinski definition) is 3. The van der Waals surface area contributed by atoms with Gasteiger partial charge in [-0.15, -0.1) is 0 Å². The molecule has 1 aliphatic heterocycles. The zero-order valence-electron chi connectivity index (χ0n) is 15.3. The average molecular weight is 362 g/mol. The van der Waals surface area contributed by atoms with E-state index in [1.807, 2.05) is 31.2 Å². The lowest BCUT2D eigenvalue weighted by atomic mass is 9.81.